The van der Waals surface area contributed by atoms with Crippen molar-refractivity contribution in [1.82, 2.24) is 5.32 Å². The molecule has 1 aromatic carbocycles. The summed E-state index contributed by atoms with van der Waals surface area (Å²) in [7, 11) is 1.32. The van der Waals surface area contributed by atoms with Crippen molar-refractivity contribution >= 4 is 11.7 Å². The van der Waals surface area contributed by atoms with Gasteiger partial charge in [-0.1, -0.05) is 19.1 Å². The highest BCUT2D eigenvalue weighted by Gasteiger charge is 2.31. The molecule has 0 unspecified atom stereocenters. The van der Waals surface area contributed by atoms with Crippen molar-refractivity contribution in [3.8, 4) is 6.07 Å². The zero-order chi connectivity index (χ0) is 16.9. The molecule has 1 rings (SSSR count). The second-order valence-electron chi connectivity index (χ2n) is 4.88. The first-order chi connectivity index (χ1) is 10.2. The Kier molecular flexibility index (Phi) is 5.69. The van der Waals surface area contributed by atoms with Crippen molar-refractivity contribution in [2.75, 3.05) is 7.05 Å². The van der Waals surface area contributed by atoms with E-state index < -0.39 is 35.3 Å². The summed E-state index contributed by atoms with van der Waals surface area (Å²) in [5.74, 6) is -3.30. The number of nitrogens with one attached hydrogen (secondary N) is 1. The van der Waals surface area contributed by atoms with Crippen LogP contribution in [-0.2, 0) is 22.2 Å². The molecule has 1 N–H and O–H groups in total. The van der Waals surface area contributed by atoms with Gasteiger partial charge in [0.25, 0.3) is 0 Å². The topological polar surface area (TPSA) is 70.0 Å². The molecule has 4 nitrogen and oxygen atoms in total. The van der Waals surface area contributed by atoms with Gasteiger partial charge in [0, 0.05) is 13.0 Å². The van der Waals surface area contributed by atoms with Crippen molar-refractivity contribution in [3.63, 3.8) is 0 Å². The Hall–Kier alpha value is -2.36. The van der Waals surface area contributed by atoms with Crippen molar-refractivity contribution in [1.29, 1.82) is 5.26 Å². The van der Waals surface area contributed by atoms with Crippen LogP contribution in [0, 0.1) is 23.2 Å². The fourth-order valence-electron chi connectivity index (χ4n) is 1.96. The Morgan fingerprint density at radius 2 is 1.82 bits per heavy atom. The minimum Gasteiger partial charge on any atom is -0.358 e. The molecule has 0 fully saturated rings. The zero-order valence-electron chi connectivity index (χ0n) is 12.1. The molecule has 0 radical (unpaired) electrons. The molecule has 1 amide bonds. The summed E-state index contributed by atoms with van der Waals surface area (Å²) in [5, 5.41) is 11.1. The van der Waals surface area contributed by atoms with Gasteiger partial charge in [-0.15, -0.1) is 0 Å². The molecule has 0 aliphatic carbocycles. The Labute approximate surface area is 125 Å². The first-order valence-electron chi connectivity index (χ1n) is 6.51. The lowest BCUT2D eigenvalue weighted by molar-refractivity contribution is -0.138. The van der Waals surface area contributed by atoms with E-state index in [2.05, 4.69) is 5.32 Å². The number of hydrogen-bond donors (Lipinski definition) is 1. The number of halogens is 3. The van der Waals surface area contributed by atoms with E-state index in [9.17, 15) is 22.8 Å². The largest absolute Gasteiger partial charge is 0.416 e. The summed E-state index contributed by atoms with van der Waals surface area (Å²) in [6, 6.07) is 6.08. The van der Waals surface area contributed by atoms with E-state index in [1.807, 2.05) is 0 Å². The molecule has 0 heterocycles. The Balaban J connectivity index is 2.80. The molecule has 0 aliphatic rings. The first-order valence-corrected chi connectivity index (χ1v) is 6.51. The number of amides is 1. The fraction of sp³-hybridized carbons (Fsp3) is 0.400. The van der Waals surface area contributed by atoms with Crippen LogP contribution < -0.4 is 5.32 Å². The van der Waals surface area contributed by atoms with Crippen LogP contribution >= 0.6 is 0 Å². The van der Waals surface area contributed by atoms with Crippen molar-refractivity contribution in [3.05, 3.63) is 35.4 Å². The van der Waals surface area contributed by atoms with Crippen LogP contribution in [-0.4, -0.2) is 18.7 Å². The third kappa shape index (κ3) is 4.32. The molecule has 22 heavy (non-hydrogen) atoms. The Morgan fingerprint density at radius 1 is 1.27 bits per heavy atom. The van der Waals surface area contributed by atoms with Gasteiger partial charge >= 0.3 is 6.18 Å². The Morgan fingerprint density at radius 3 is 2.23 bits per heavy atom. The molecule has 7 heteroatoms. The number of nitriles is 1. The molecule has 1 aromatic rings. The molecule has 0 saturated carbocycles. The van der Waals surface area contributed by atoms with Gasteiger partial charge < -0.3 is 5.32 Å². The predicted molar refractivity (Wildman–Crippen MR) is 72.5 cm³/mol. The van der Waals surface area contributed by atoms with Crippen LogP contribution in [0.2, 0.25) is 0 Å². The summed E-state index contributed by atoms with van der Waals surface area (Å²) in [5.41, 5.74) is -0.238. The van der Waals surface area contributed by atoms with E-state index >= 15 is 0 Å². The highest BCUT2D eigenvalue weighted by molar-refractivity contribution is 6.04. The van der Waals surface area contributed by atoms with E-state index in [0.717, 1.165) is 12.1 Å². The summed E-state index contributed by atoms with van der Waals surface area (Å²) >= 11 is 0. The average molecular weight is 312 g/mol. The van der Waals surface area contributed by atoms with Gasteiger partial charge in [0.15, 0.2) is 11.7 Å². The highest BCUT2D eigenvalue weighted by atomic mass is 19.4. The Bertz CT molecular complexity index is 588. The fourth-order valence-corrected chi connectivity index (χ4v) is 1.96. The number of rotatable bonds is 5. The molecule has 2 atom stereocenters. The summed E-state index contributed by atoms with van der Waals surface area (Å²) < 4.78 is 37.4. The third-order valence-corrected chi connectivity index (χ3v) is 3.23. The number of ketones is 1. The van der Waals surface area contributed by atoms with Gasteiger partial charge in [-0.3, -0.25) is 9.59 Å². The van der Waals surface area contributed by atoms with Gasteiger partial charge in [0.1, 0.15) is 0 Å². The van der Waals surface area contributed by atoms with E-state index in [-0.39, 0.29) is 6.42 Å². The van der Waals surface area contributed by atoms with E-state index in [1.165, 1.54) is 26.1 Å². The molecule has 0 aromatic heterocycles. The summed E-state index contributed by atoms with van der Waals surface area (Å²) in [6.07, 6.45) is -4.25. The second-order valence-corrected chi connectivity index (χ2v) is 4.88. The monoisotopic (exact) mass is 312 g/mol. The zero-order valence-corrected chi connectivity index (χ0v) is 12.1. The quantitative estimate of drug-likeness (QED) is 0.848. The maximum atomic E-state index is 12.5. The minimum absolute atomic E-state index is 0.159. The second kappa shape index (κ2) is 7.07. The number of hydrogen-bond acceptors (Lipinski definition) is 3. The van der Waals surface area contributed by atoms with Crippen LogP contribution in [0.1, 0.15) is 18.1 Å². The van der Waals surface area contributed by atoms with E-state index in [4.69, 9.17) is 5.26 Å². The minimum atomic E-state index is -4.41. The van der Waals surface area contributed by atoms with Crippen LogP contribution in [0.5, 0.6) is 0 Å². The summed E-state index contributed by atoms with van der Waals surface area (Å²) in [4.78, 5) is 23.5. The number of Topliss-reactive ketones (excluding diaryl/α,β-unsaturated/α-hetero) is 1. The maximum absolute atomic E-state index is 12.5. The SMILES string of the molecule is CNC(=O)[C@@H](C#N)C(=O)[C@H](C)Cc1ccc(C(F)(F)F)cc1. The van der Waals surface area contributed by atoms with Crippen LogP contribution in [0.4, 0.5) is 13.2 Å². The molecule has 0 spiro atoms. The van der Waals surface area contributed by atoms with Crippen molar-refractivity contribution in [2.45, 2.75) is 19.5 Å². The maximum Gasteiger partial charge on any atom is 0.416 e. The van der Waals surface area contributed by atoms with Crippen molar-refractivity contribution < 1.29 is 22.8 Å². The molecule has 0 bridgehead atoms. The lowest BCUT2D eigenvalue weighted by Crippen LogP contribution is -2.35. The molecule has 118 valence electrons. The van der Waals surface area contributed by atoms with Gasteiger partial charge in [-0.05, 0) is 24.1 Å². The normalized spacial score (nSPS) is 13.8. The van der Waals surface area contributed by atoms with Crippen LogP contribution in [0.15, 0.2) is 24.3 Å². The number of nitrogens with zero attached hydrogens (tertiary/aromatic N) is 1. The summed E-state index contributed by atoms with van der Waals surface area (Å²) in [6.45, 7) is 1.54. The average Bonchev–Trinajstić information content (AvgIpc) is 2.47. The van der Waals surface area contributed by atoms with Crippen LogP contribution in [0.25, 0.3) is 0 Å². The van der Waals surface area contributed by atoms with E-state index in [1.54, 1.807) is 6.07 Å². The molecular weight excluding hydrogens is 297 g/mol. The lowest BCUT2D eigenvalue weighted by Gasteiger charge is -2.14. The molecule has 0 aliphatic heterocycles. The lowest BCUT2D eigenvalue weighted by atomic mass is 9.89. The molecular formula is C15H15F3N2O2. The number of carbonyl (C=O) groups is 2. The van der Waals surface area contributed by atoms with Crippen LogP contribution in [0.3, 0.4) is 0 Å². The van der Waals surface area contributed by atoms with Gasteiger partial charge in [-0.25, -0.2) is 0 Å². The first kappa shape index (κ1) is 17.7. The predicted octanol–water partition coefficient (Wildman–Crippen LogP) is 2.34. The number of carbonyl (C=O) groups excluding carboxylic acids is 2. The number of alkyl halides is 3. The number of benzene rings is 1. The van der Waals surface area contributed by atoms with Crippen molar-refractivity contribution in [2.24, 2.45) is 11.8 Å². The van der Waals surface area contributed by atoms with Gasteiger partial charge in [0.05, 0.1) is 11.6 Å². The van der Waals surface area contributed by atoms with Gasteiger partial charge in [-0.2, -0.15) is 18.4 Å². The van der Waals surface area contributed by atoms with E-state index in [0.29, 0.717) is 5.56 Å². The standard InChI is InChI=1S/C15H15F3N2O2/c1-9(13(21)12(8-19)14(22)20-2)7-10-3-5-11(6-4-10)15(16,17)18/h3-6,9,12H,7H2,1-2H3,(H,20,22)/t9-,12+/m1/s1. The smallest absolute Gasteiger partial charge is 0.358 e. The molecule has 0 saturated heterocycles. The van der Waals surface area contributed by atoms with Gasteiger partial charge in [0.2, 0.25) is 5.91 Å². The highest BCUT2D eigenvalue weighted by Crippen LogP contribution is 2.29. The third-order valence-electron chi connectivity index (χ3n) is 3.23.